The van der Waals surface area contributed by atoms with E-state index in [-0.39, 0.29) is 36.5 Å². The van der Waals surface area contributed by atoms with Crippen LogP contribution < -0.4 is 11.5 Å². The summed E-state index contributed by atoms with van der Waals surface area (Å²) in [6.45, 7) is 14.9. The summed E-state index contributed by atoms with van der Waals surface area (Å²) < 4.78 is 28.2. The van der Waals surface area contributed by atoms with Crippen molar-refractivity contribution in [2.24, 2.45) is 11.5 Å². The van der Waals surface area contributed by atoms with Crippen molar-refractivity contribution in [3.05, 3.63) is 0 Å². The van der Waals surface area contributed by atoms with Gasteiger partial charge in [-0.2, -0.15) is 0 Å². The van der Waals surface area contributed by atoms with Gasteiger partial charge in [0.15, 0.2) is 0 Å². The van der Waals surface area contributed by atoms with Gasteiger partial charge >= 0.3 is 0 Å². The molecular weight excluding hydrogens is 324 g/mol. The number of hydrogen-bond donors (Lipinski definition) is 2. The smallest absolute Gasteiger partial charge is 0.0781 e. The minimum absolute atomic E-state index is 0.00408. The fourth-order valence-electron chi connectivity index (χ4n) is 1.83. The monoisotopic (exact) mass is 364 g/mol. The summed E-state index contributed by atoms with van der Waals surface area (Å²) in [7, 11) is 0. The summed E-state index contributed by atoms with van der Waals surface area (Å²) in [5, 5.41) is 0. The molecule has 0 saturated carbocycles. The number of hydrogen-bond acceptors (Lipinski definition) is 7. The number of rotatable bonds is 16. The quantitative estimate of drug-likeness (QED) is 0.426. The zero-order chi connectivity index (χ0) is 19.2. The number of nitrogens with two attached hydrogens (primary N) is 2. The van der Waals surface area contributed by atoms with Crippen molar-refractivity contribution in [3.63, 3.8) is 0 Å². The average molecular weight is 365 g/mol. The van der Waals surface area contributed by atoms with Gasteiger partial charge in [-0.25, -0.2) is 0 Å². The Labute approximate surface area is 153 Å². The van der Waals surface area contributed by atoms with Crippen molar-refractivity contribution in [1.29, 1.82) is 0 Å². The molecule has 0 aromatic heterocycles. The van der Waals surface area contributed by atoms with E-state index in [9.17, 15) is 0 Å². The molecule has 0 saturated heterocycles. The maximum absolute atomic E-state index is 5.76. The van der Waals surface area contributed by atoms with E-state index in [1.807, 2.05) is 41.5 Å². The lowest BCUT2D eigenvalue weighted by Gasteiger charge is -2.21. The van der Waals surface area contributed by atoms with Crippen LogP contribution in [0.15, 0.2) is 0 Å². The fraction of sp³-hybridized carbons (Fsp3) is 1.00. The lowest BCUT2D eigenvalue weighted by atomic mass is 10.3. The van der Waals surface area contributed by atoms with Gasteiger partial charge in [-0.05, 0) is 41.5 Å². The molecule has 0 aliphatic heterocycles. The first kappa shape index (κ1) is 24.7. The first-order valence-electron chi connectivity index (χ1n) is 9.26. The molecule has 25 heavy (non-hydrogen) atoms. The Morgan fingerprint density at radius 2 is 0.800 bits per heavy atom. The SMILES string of the molecule is CC(N)COCC(C)OCC(C)OCC(C)OCC(C)OCC(C)N. The second kappa shape index (κ2) is 14.8. The van der Waals surface area contributed by atoms with Gasteiger partial charge in [0.05, 0.1) is 64.1 Å². The third-order valence-corrected chi connectivity index (χ3v) is 3.22. The lowest BCUT2D eigenvalue weighted by molar-refractivity contribution is -0.0926. The van der Waals surface area contributed by atoms with Gasteiger partial charge in [0, 0.05) is 12.1 Å². The first-order valence-corrected chi connectivity index (χ1v) is 9.26. The first-order chi connectivity index (χ1) is 11.7. The Balaban J connectivity index is 3.67. The summed E-state index contributed by atoms with van der Waals surface area (Å²) in [5.41, 5.74) is 11.3. The standard InChI is InChI=1S/C18H40N2O5/c1-13(19)7-21-9-15(3)23-11-17(5)25-12-18(6)24-10-16(4)22-8-14(2)20/h13-18H,7-12,19-20H2,1-6H3. The van der Waals surface area contributed by atoms with Crippen LogP contribution in [0, 0.1) is 0 Å². The van der Waals surface area contributed by atoms with E-state index in [1.165, 1.54) is 0 Å². The molecule has 0 bridgehead atoms. The Kier molecular flexibility index (Phi) is 14.7. The largest absolute Gasteiger partial charge is 0.377 e. The van der Waals surface area contributed by atoms with E-state index in [0.29, 0.717) is 39.6 Å². The molecule has 0 rings (SSSR count). The van der Waals surface area contributed by atoms with E-state index in [4.69, 9.17) is 35.2 Å². The van der Waals surface area contributed by atoms with Crippen molar-refractivity contribution in [1.82, 2.24) is 0 Å². The summed E-state index contributed by atoms with van der Waals surface area (Å²) in [6, 6.07) is 0.0818. The highest BCUT2D eigenvalue weighted by Gasteiger charge is 2.12. The molecule has 7 heteroatoms. The van der Waals surface area contributed by atoms with E-state index in [2.05, 4.69) is 0 Å². The van der Waals surface area contributed by atoms with Crippen LogP contribution in [0.3, 0.4) is 0 Å². The van der Waals surface area contributed by atoms with Crippen LogP contribution in [0.2, 0.25) is 0 Å². The molecule has 0 radical (unpaired) electrons. The molecule has 4 N–H and O–H groups in total. The molecule has 0 spiro atoms. The van der Waals surface area contributed by atoms with E-state index >= 15 is 0 Å². The molecule has 6 atom stereocenters. The molecule has 0 aliphatic rings. The molecule has 0 heterocycles. The highest BCUT2D eigenvalue weighted by molar-refractivity contribution is 4.58. The zero-order valence-corrected chi connectivity index (χ0v) is 16.9. The van der Waals surface area contributed by atoms with Crippen molar-refractivity contribution in [3.8, 4) is 0 Å². The van der Waals surface area contributed by atoms with E-state index < -0.39 is 0 Å². The maximum Gasteiger partial charge on any atom is 0.0781 e. The van der Waals surface area contributed by atoms with Gasteiger partial charge in [0.2, 0.25) is 0 Å². The van der Waals surface area contributed by atoms with Crippen LogP contribution in [0.5, 0.6) is 0 Å². The minimum Gasteiger partial charge on any atom is -0.377 e. The predicted molar refractivity (Wildman–Crippen MR) is 99.8 cm³/mol. The van der Waals surface area contributed by atoms with Crippen LogP contribution in [-0.4, -0.2) is 76.1 Å². The summed E-state index contributed by atoms with van der Waals surface area (Å²) >= 11 is 0. The highest BCUT2D eigenvalue weighted by Crippen LogP contribution is 2.02. The van der Waals surface area contributed by atoms with Crippen LogP contribution in [0.25, 0.3) is 0 Å². The molecule has 0 aromatic rings. The van der Waals surface area contributed by atoms with Crippen LogP contribution in [0.1, 0.15) is 41.5 Å². The molecule has 6 unspecified atom stereocenters. The van der Waals surface area contributed by atoms with Crippen LogP contribution in [0.4, 0.5) is 0 Å². The van der Waals surface area contributed by atoms with Gasteiger partial charge in [-0.15, -0.1) is 0 Å². The fourth-order valence-corrected chi connectivity index (χ4v) is 1.83. The van der Waals surface area contributed by atoms with E-state index in [0.717, 1.165) is 0 Å². The molecule has 7 nitrogen and oxygen atoms in total. The normalized spacial score (nSPS) is 19.2. The molecule has 0 amide bonds. The van der Waals surface area contributed by atoms with Crippen molar-refractivity contribution in [2.75, 3.05) is 39.6 Å². The highest BCUT2D eigenvalue weighted by atomic mass is 16.6. The van der Waals surface area contributed by atoms with Crippen molar-refractivity contribution < 1.29 is 23.7 Å². The topological polar surface area (TPSA) is 98.2 Å². The summed E-state index contributed by atoms with van der Waals surface area (Å²) in [4.78, 5) is 0. The van der Waals surface area contributed by atoms with Crippen molar-refractivity contribution >= 4 is 0 Å². The van der Waals surface area contributed by atoms with Gasteiger partial charge in [0.1, 0.15) is 0 Å². The molecule has 0 aromatic carbocycles. The van der Waals surface area contributed by atoms with Gasteiger partial charge in [-0.3, -0.25) is 0 Å². The summed E-state index contributed by atoms with van der Waals surface area (Å²) in [6.07, 6.45) is 0.0250. The molecule has 0 fully saturated rings. The maximum atomic E-state index is 5.76. The molecule has 0 aliphatic carbocycles. The van der Waals surface area contributed by atoms with Gasteiger partial charge < -0.3 is 35.2 Å². The van der Waals surface area contributed by atoms with Crippen molar-refractivity contribution in [2.45, 2.75) is 78.0 Å². The van der Waals surface area contributed by atoms with Gasteiger partial charge in [-0.1, -0.05) is 0 Å². The Hall–Kier alpha value is -0.280. The van der Waals surface area contributed by atoms with Crippen LogP contribution in [-0.2, 0) is 23.7 Å². The van der Waals surface area contributed by atoms with Crippen LogP contribution >= 0.6 is 0 Å². The summed E-state index contributed by atoms with van der Waals surface area (Å²) in [5.74, 6) is 0. The molecule has 152 valence electrons. The zero-order valence-electron chi connectivity index (χ0n) is 16.9. The van der Waals surface area contributed by atoms with Gasteiger partial charge in [0.25, 0.3) is 0 Å². The second-order valence-electron chi connectivity index (χ2n) is 7.07. The van der Waals surface area contributed by atoms with E-state index in [1.54, 1.807) is 0 Å². The third-order valence-electron chi connectivity index (χ3n) is 3.22. The molecular formula is C18H40N2O5. The Bertz CT molecular complexity index is 305. The lowest BCUT2D eigenvalue weighted by Crippen LogP contribution is -2.30. The number of ether oxygens (including phenoxy) is 5. The minimum atomic E-state index is -0.00584. The average Bonchev–Trinajstić information content (AvgIpc) is 2.53. The second-order valence-corrected chi connectivity index (χ2v) is 7.07. The Morgan fingerprint density at radius 1 is 0.480 bits per heavy atom. The predicted octanol–water partition coefficient (Wildman–Crippen LogP) is 1.32. The third kappa shape index (κ3) is 16.9. The Morgan fingerprint density at radius 3 is 1.16 bits per heavy atom.